The van der Waals surface area contributed by atoms with Gasteiger partial charge in [-0.2, -0.15) is 0 Å². The summed E-state index contributed by atoms with van der Waals surface area (Å²) in [5, 5.41) is 0. The molecule has 0 aromatic carbocycles. The van der Waals surface area contributed by atoms with Crippen molar-refractivity contribution in [1.82, 2.24) is 19.6 Å². The van der Waals surface area contributed by atoms with E-state index >= 15 is 0 Å². The molecule has 4 atom stereocenters. The van der Waals surface area contributed by atoms with Crippen molar-refractivity contribution in [3.05, 3.63) is 0 Å². The van der Waals surface area contributed by atoms with Crippen LogP contribution in [0.25, 0.3) is 0 Å². The Bertz CT molecular complexity index is 463. The fourth-order valence-corrected chi connectivity index (χ4v) is 6.06. The zero-order valence-electron chi connectivity index (χ0n) is 19.2. The van der Waals surface area contributed by atoms with Gasteiger partial charge in [0.2, 0.25) is 0 Å². The van der Waals surface area contributed by atoms with Crippen LogP contribution in [0.2, 0.25) is 0 Å². The van der Waals surface area contributed by atoms with E-state index in [2.05, 4.69) is 68.3 Å². The van der Waals surface area contributed by atoms with Gasteiger partial charge in [-0.3, -0.25) is 9.80 Å². The molecule has 0 spiro atoms. The number of hydrogen-bond acceptors (Lipinski definition) is 4. The van der Waals surface area contributed by atoms with Gasteiger partial charge in [0.05, 0.1) is 0 Å². The molecule has 0 aromatic rings. The average molecular weight is 379 g/mol. The van der Waals surface area contributed by atoms with E-state index in [-0.39, 0.29) is 5.54 Å². The molecule has 0 aromatic heterocycles. The summed E-state index contributed by atoms with van der Waals surface area (Å²) in [6, 6.07) is 2.90. The number of hydrogen-bond donors (Lipinski definition) is 0. The molecule has 0 aliphatic carbocycles. The molecule has 4 unspecified atom stereocenters. The van der Waals surface area contributed by atoms with Crippen molar-refractivity contribution in [2.45, 2.75) is 96.4 Å². The van der Waals surface area contributed by atoms with Crippen LogP contribution in [0.5, 0.6) is 0 Å². The molecule has 0 saturated carbocycles. The Kier molecular flexibility index (Phi) is 6.93. The second-order valence-electron chi connectivity index (χ2n) is 10.9. The van der Waals surface area contributed by atoms with Crippen LogP contribution in [-0.2, 0) is 0 Å². The first-order valence-electron chi connectivity index (χ1n) is 11.6. The van der Waals surface area contributed by atoms with Crippen molar-refractivity contribution in [3.63, 3.8) is 0 Å². The van der Waals surface area contributed by atoms with Crippen LogP contribution < -0.4 is 0 Å². The van der Waals surface area contributed by atoms with E-state index in [1.807, 2.05) is 0 Å². The summed E-state index contributed by atoms with van der Waals surface area (Å²) in [5.41, 5.74) is 0.262. The zero-order chi connectivity index (χ0) is 19.8. The smallest absolute Gasteiger partial charge is 0.0171 e. The van der Waals surface area contributed by atoms with Gasteiger partial charge < -0.3 is 9.80 Å². The van der Waals surface area contributed by atoms with Gasteiger partial charge in [-0.25, -0.2) is 0 Å². The molecule has 4 nitrogen and oxygen atoms in total. The van der Waals surface area contributed by atoms with Gasteiger partial charge in [0.1, 0.15) is 0 Å². The number of piperidine rings is 2. The molecule has 3 fully saturated rings. The minimum Gasteiger partial charge on any atom is -0.306 e. The lowest BCUT2D eigenvalue weighted by Crippen LogP contribution is -2.64. The Morgan fingerprint density at radius 2 is 1.56 bits per heavy atom. The van der Waals surface area contributed by atoms with Crippen molar-refractivity contribution in [2.75, 3.05) is 46.8 Å². The standard InChI is InChI=1S/C23H46N4/c1-18(2)26-14-11-21(25-12-8-9-13-25)20(17-26)22-16-19(24(6)7)10-15-27(22)23(3,4)5/h18-22H,8-17H2,1-7H3. The van der Waals surface area contributed by atoms with E-state index < -0.39 is 0 Å². The number of rotatable bonds is 4. The maximum absolute atomic E-state index is 2.88. The van der Waals surface area contributed by atoms with Gasteiger partial charge in [-0.1, -0.05) is 0 Å². The highest BCUT2D eigenvalue weighted by Gasteiger charge is 2.45. The first-order valence-corrected chi connectivity index (χ1v) is 11.6. The van der Waals surface area contributed by atoms with Gasteiger partial charge in [-0.15, -0.1) is 0 Å². The molecular formula is C23H46N4. The summed E-state index contributed by atoms with van der Waals surface area (Å²) in [6.07, 6.45) is 6.83. The summed E-state index contributed by atoms with van der Waals surface area (Å²) >= 11 is 0. The Labute approximate surface area is 169 Å². The summed E-state index contributed by atoms with van der Waals surface area (Å²) < 4.78 is 0. The lowest BCUT2D eigenvalue weighted by molar-refractivity contribution is -0.0558. The van der Waals surface area contributed by atoms with Crippen molar-refractivity contribution in [2.24, 2.45) is 5.92 Å². The fraction of sp³-hybridized carbons (Fsp3) is 1.00. The molecule has 0 amide bonds. The first-order chi connectivity index (χ1) is 12.7. The summed E-state index contributed by atoms with van der Waals surface area (Å²) in [7, 11) is 4.57. The molecule has 3 heterocycles. The second kappa shape index (κ2) is 8.69. The zero-order valence-corrected chi connectivity index (χ0v) is 19.2. The van der Waals surface area contributed by atoms with Crippen LogP contribution in [0.3, 0.4) is 0 Å². The van der Waals surface area contributed by atoms with Gasteiger partial charge >= 0.3 is 0 Å². The van der Waals surface area contributed by atoms with E-state index in [9.17, 15) is 0 Å². The molecule has 0 N–H and O–H groups in total. The maximum atomic E-state index is 2.88. The van der Waals surface area contributed by atoms with Gasteiger partial charge in [-0.05, 0) is 100 Å². The number of likely N-dealkylation sites (tertiary alicyclic amines) is 3. The van der Waals surface area contributed by atoms with E-state index in [0.717, 1.165) is 18.0 Å². The van der Waals surface area contributed by atoms with Crippen LogP contribution in [0, 0.1) is 5.92 Å². The summed E-state index contributed by atoms with van der Waals surface area (Å²) in [5.74, 6) is 0.779. The van der Waals surface area contributed by atoms with Crippen LogP contribution in [0.1, 0.15) is 66.7 Å². The van der Waals surface area contributed by atoms with Gasteiger partial charge in [0.15, 0.2) is 0 Å². The topological polar surface area (TPSA) is 13.0 Å². The van der Waals surface area contributed by atoms with Gasteiger partial charge in [0.25, 0.3) is 0 Å². The fourth-order valence-electron chi connectivity index (χ4n) is 6.06. The van der Waals surface area contributed by atoms with Gasteiger partial charge in [0, 0.05) is 48.7 Å². The SMILES string of the molecule is CC(C)N1CCC(N2CCCC2)C(C2CC(N(C)C)CCN2C(C)(C)C)C1. The van der Waals surface area contributed by atoms with E-state index in [4.69, 9.17) is 0 Å². The van der Waals surface area contributed by atoms with E-state index in [0.29, 0.717) is 12.1 Å². The highest BCUT2D eigenvalue weighted by atomic mass is 15.3. The molecule has 3 rings (SSSR count). The maximum Gasteiger partial charge on any atom is 0.0171 e. The second-order valence-corrected chi connectivity index (χ2v) is 10.9. The molecule has 4 heteroatoms. The Morgan fingerprint density at radius 3 is 2.11 bits per heavy atom. The Hall–Kier alpha value is -0.160. The predicted molar refractivity (Wildman–Crippen MR) is 116 cm³/mol. The van der Waals surface area contributed by atoms with Crippen LogP contribution in [0.15, 0.2) is 0 Å². The summed E-state index contributed by atoms with van der Waals surface area (Å²) in [4.78, 5) is 11.0. The van der Waals surface area contributed by atoms with Crippen molar-refractivity contribution in [1.29, 1.82) is 0 Å². The highest BCUT2D eigenvalue weighted by molar-refractivity contribution is 5.01. The summed E-state index contributed by atoms with van der Waals surface area (Å²) in [6.45, 7) is 18.6. The molecule has 3 aliphatic heterocycles. The van der Waals surface area contributed by atoms with Crippen LogP contribution in [0.4, 0.5) is 0 Å². The third-order valence-corrected chi connectivity index (χ3v) is 7.69. The van der Waals surface area contributed by atoms with Crippen LogP contribution >= 0.6 is 0 Å². The highest BCUT2D eigenvalue weighted by Crippen LogP contribution is 2.38. The van der Waals surface area contributed by atoms with Crippen LogP contribution in [-0.4, -0.2) is 96.1 Å². The first kappa shape index (κ1) is 21.5. The lowest BCUT2D eigenvalue weighted by Gasteiger charge is -2.55. The normalized spacial score (nSPS) is 35.4. The van der Waals surface area contributed by atoms with E-state index in [1.54, 1.807) is 0 Å². The minimum atomic E-state index is 0.262. The molecule has 27 heavy (non-hydrogen) atoms. The molecule has 0 bridgehead atoms. The minimum absolute atomic E-state index is 0.262. The Balaban J connectivity index is 1.87. The molecular weight excluding hydrogens is 332 g/mol. The van der Waals surface area contributed by atoms with Crippen molar-refractivity contribution < 1.29 is 0 Å². The molecule has 0 radical (unpaired) electrons. The predicted octanol–water partition coefficient (Wildman–Crippen LogP) is 3.37. The third kappa shape index (κ3) is 4.88. The van der Waals surface area contributed by atoms with Crippen molar-refractivity contribution >= 4 is 0 Å². The monoisotopic (exact) mass is 378 g/mol. The number of nitrogens with zero attached hydrogens (tertiary/aromatic N) is 4. The average Bonchev–Trinajstić information content (AvgIpc) is 3.14. The van der Waals surface area contributed by atoms with Crippen molar-refractivity contribution in [3.8, 4) is 0 Å². The largest absolute Gasteiger partial charge is 0.306 e. The third-order valence-electron chi connectivity index (χ3n) is 7.69. The molecule has 158 valence electrons. The lowest BCUT2D eigenvalue weighted by atomic mass is 9.77. The Morgan fingerprint density at radius 1 is 0.889 bits per heavy atom. The quantitative estimate of drug-likeness (QED) is 0.743. The van der Waals surface area contributed by atoms with E-state index in [1.165, 1.54) is 64.8 Å². The molecule has 3 saturated heterocycles. The molecule has 3 aliphatic rings.